The van der Waals surface area contributed by atoms with Gasteiger partial charge in [-0.1, -0.05) is 13.8 Å². The van der Waals surface area contributed by atoms with Gasteiger partial charge >= 0.3 is 6.03 Å². The summed E-state index contributed by atoms with van der Waals surface area (Å²) in [6, 6.07) is 1.72. The highest BCUT2D eigenvalue weighted by Gasteiger charge is 2.57. The lowest BCUT2D eigenvalue weighted by molar-refractivity contribution is -0.134. The van der Waals surface area contributed by atoms with Gasteiger partial charge in [-0.2, -0.15) is 5.26 Å². The van der Waals surface area contributed by atoms with Crippen LogP contribution in [-0.4, -0.2) is 75.1 Å². The minimum Gasteiger partial charge on any atom is -0.395 e. The zero-order chi connectivity index (χ0) is 19.6. The summed E-state index contributed by atoms with van der Waals surface area (Å²) in [6.45, 7) is 5.26. The zero-order valence-electron chi connectivity index (χ0n) is 15.6. The number of piperidine rings is 1. The number of aromatic nitrogens is 2. The van der Waals surface area contributed by atoms with Crippen molar-refractivity contribution in [2.75, 3.05) is 37.7 Å². The van der Waals surface area contributed by atoms with E-state index in [1.807, 2.05) is 24.8 Å². The molecule has 144 valence electrons. The molecule has 9 nitrogen and oxygen atoms in total. The molecule has 27 heavy (non-hydrogen) atoms. The van der Waals surface area contributed by atoms with Crippen LogP contribution in [0, 0.1) is 17.2 Å². The third-order valence-corrected chi connectivity index (χ3v) is 5.17. The van der Waals surface area contributed by atoms with Gasteiger partial charge in [-0.15, -0.1) is 0 Å². The molecular formula is C18H24N6O3. The molecule has 0 aromatic carbocycles. The van der Waals surface area contributed by atoms with Gasteiger partial charge in [-0.25, -0.2) is 14.8 Å². The largest absolute Gasteiger partial charge is 0.395 e. The first kappa shape index (κ1) is 19.0. The first-order valence-corrected chi connectivity index (χ1v) is 9.15. The van der Waals surface area contributed by atoms with Gasteiger partial charge in [0.25, 0.3) is 5.91 Å². The van der Waals surface area contributed by atoms with Crippen molar-refractivity contribution in [2.24, 2.45) is 5.92 Å². The van der Waals surface area contributed by atoms with Crippen LogP contribution >= 0.6 is 0 Å². The van der Waals surface area contributed by atoms with Crippen LogP contribution in [0.25, 0.3) is 0 Å². The number of β-amino-alcohol motifs (C(OH)–C–C–N with tert-alkyl or cyclic N) is 1. The molecule has 0 atom stereocenters. The van der Waals surface area contributed by atoms with Crippen molar-refractivity contribution in [3.8, 4) is 6.07 Å². The van der Waals surface area contributed by atoms with Gasteiger partial charge in [0.1, 0.15) is 11.6 Å². The minimum atomic E-state index is -0.887. The average Bonchev–Trinajstić information content (AvgIpc) is 2.85. The van der Waals surface area contributed by atoms with Crippen LogP contribution < -0.4 is 4.90 Å². The van der Waals surface area contributed by atoms with Gasteiger partial charge in [-0.05, 0) is 18.8 Å². The fourth-order valence-corrected chi connectivity index (χ4v) is 3.91. The van der Waals surface area contributed by atoms with Crippen LogP contribution in [0.3, 0.4) is 0 Å². The number of carbonyl (C=O) groups excluding carboxylic acids is 2. The van der Waals surface area contributed by atoms with E-state index in [9.17, 15) is 20.0 Å². The van der Waals surface area contributed by atoms with Crippen LogP contribution in [0.15, 0.2) is 12.4 Å². The molecule has 3 amide bonds. The van der Waals surface area contributed by atoms with Crippen molar-refractivity contribution in [3.63, 3.8) is 0 Å². The predicted molar refractivity (Wildman–Crippen MR) is 96.7 cm³/mol. The van der Waals surface area contributed by atoms with Crippen molar-refractivity contribution in [1.82, 2.24) is 19.8 Å². The summed E-state index contributed by atoms with van der Waals surface area (Å²) >= 11 is 0. The number of anilines is 1. The highest BCUT2D eigenvalue weighted by atomic mass is 16.3. The number of aliphatic hydroxyl groups is 1. The molecule has 1 aromatic heterocycles. The summed E-state index contributed by atoms with van der Waals surface area (Å²) in [6.07, 6.45) is 3.92. The molecule has 2 aliphatic rings. The molecule has 0 radical (unpaired) electrons. The highest BCUT2D eigenvalue weighted by Crippen LogP contribution is 2.38. The first-order valence-electron chi connectivity index (χ1n) is 9.15. The molecule has 0 unspecified atom stereocenters. The number of hydrogen-bond donors (Lipinski definition) is 1. The van der Waals surface area contributed by atoms with E-state index < -0.39 is 5.54 Å². The fourth-order valence-electron chi connectivity index (χ4n) is 3.91. The maximum absolute atomic E-state index is 13.1. The molecule has 1 aromatic rings. The quantitative estimate of drug-likeness (QED) is 0.753. The lowest BCUT2D eigenvalue weighted by Gasteiger charge is -2.43. The molecule has 1 spiro atoms. The van der Waals surface area contributed by atoms with E-state index in [0.717, 1.165) is 0 Å². The molecule has 0 bridgehead atoms. The Bertz CT molecular complexity index is 767. The normalized spacial score (nSPS) is 19.3. The molecule has 2 saturated heterocycles. The number of aliphatic hydroxyl groups excluding tert-OH is 1. The Morgan fingerprint density at radius 2 is 1.93 bits per heavy atom. The molecule has 0 aliphatic carbocycles. The number of urea groups is 1. The van der Waals surface area contributed by atoms with Crippen LogP contribution in [0.1, 0.15) is 32.4 Å². The number of rotatable bonds is 5. The average molecular weight is 372 g/mol. The Morgan fingerprint density at radius 3 is 2.52 bits per heavy atom. The Morgan fingerprint density at radius 1 is 1.26 bits per heavy atom. The summed E-state index contributed by atoms with van der Waals surface area (Å²) < 4.78 is 0. The Labute approximate surface area is 158 Å². The van der Waals surface area contributed by atoms with Crippen LogP contribution in [-0.2, 0) is 4.79 Å². The summed E-state index contributed by atoms with van der Waals surface area (Å²) in [5, 5.41) is 18.5. The van der Waals surface area contributed by atoms with Crippen LogP contribution in [0.4, 0.5) is 10.6 Å². The number of carbonyl (C=O) groups is 2. The van der Waals surface area contributed by atoms with E-state index >= 15 is 0 Å². The van der Waals surface area contributed by atoms with E-state index in [0.29, 0.717) is 38.3 Å². The van der Waals surface area contributed by atoms with Crippen molar-refractivity contribution in [2.45, 2.75) is 32.2 Å². The van der Waals surface area contributed by atoms with Gasteiger partial charge in [0.15, 0.2) is 11.5 Å². The fraction of sp³-hybridized carbons (Fsp3) is 0.611. The number of nitrogens with zero attached hydrogens (tertiary/aromatic N) is 6. The maximum Gasteiger partial charge on any atom is 0.327 e. The summed E-state index contributed by atoms with van der Waals surface area (Å²) in [7, 11) is 0. The smallest absolute Gasteiger partial charge is 0.327 e. The highest BCUT2D eigenvalue weighted by molar-refractivity contribution is 6.07. The van der Waals surface area contributed by atoms with E-state index in [2.05, 4.69) is 9.97 Å². The maximum atomic E-state index is 13.1. The van der Waals surface area contributed by atoms with E-state index in [-0.39, 0.29) is 36.7 Å². The third kappa shape index (κ3) is 3.21. The first-order chi connectivity index (χ1) is 12.9. The summed E-state index contributed by atoms with van der Waals surface area (Å²) in [5.74, 6) is 0.492. The second kappa shape index (κ2) is 7.48. The molecular weight excluding hydrogens is 348 g/mol. The van der Waals surface area contributed by atoms with Crippen molar-refractivity contribution >= 4 is 17.8 Å². The summed E-state index contributed by atoms with van der Waals surface area (Å²) in [5.41, 5.74) is -0.634. The number of nitriles is 1. The molecule has 2 aliphatic heterocycles. The van der Waals surface area contributed by atoms with Crippen molar-refractivity contribution in [1.29, 1.82) is 5.26 Å². The second-order valence-corrected chi connectivity index (χ2v) is 7.33. The van der Waals surface area contributed by atoms with Crippen molar-refractivity contribution in [3.05, 3.63) is 18.1 Å². The van der Waals surface area contributed by atoms with Crippen LogP contribution in [0.2, 0.25) is 0 Å². The van der Waals surface area contributed by atoms with E-state index in [4.69, 9.17) is 0 Å². The van der Waals surface area contributed by atoms with E-state index in [1.54, 1.807) is 11.1 Å². The predicted octanol–water partition coefficient (Wildman–Crippen LogP) is 0.600. The number of imide groups is 1. The number of amides is 3. The van der Waals surface area contributed by atoms with Crippen molar-refractivity contribution < 1.29 is 14.7 Å². The number of hydrogen-bond acceptors (Lipinski definition) is 7. The Balaban J connectivity index is 1.86. The lowest BCUT2D eigenvalue weighted by Crippen LogP contribution is -2.57. The molecule has 2 fully saturated rings. The van der Waals surface area contributed by atoms with Gasteiger partial charge in [0.2, 0.25) is 0 Å². The zero-order valence-corrected chi connectivity index (χ0v) is 15.6. The molecule has 1 N–H and O–H groups in total. The van der Waals surface area contributed by atoms with Gasteiger partial charge in [0.05, 0.1) is 13.2 Å². The molecule has 9 heteroatoms. The molecule has 0 saturated carbocycles. The van der Waals surface area contributed by atoms with E-state index in [1.165, 1.54) is 11.1 Å². The Hall–Kier alpha value is -2.73. The summed E-state index contributed by atoms with van der Waals surface area (Å²) in [4.78, 5) is 39.0. The van der Waals surface area contributed by atoms with Crippen LogP contribution in [0.5, 0.6) is 0 Å². The third-order valence-electron chi connectivity index (χ3n) is 5.17. The minimum absolute atomic E-state index is 0.0144. The topological polar surface area (TPSA) is 114 Å². The Kier molecular flexibility index (Phi) is 5.28. The second-order valence-electron chi connectivity index (χ2n) is 7.33. The SMILES string of the molecule is CC(C)CN1C(=O)N(CCO)C(=O)C12CCN(c1nccnc1C#N)CC2. The van der Waals surface area contributed by atoms with Gasteiger partial charge < -0.3 is 14.9 Å². The van der Waals surface area contributed by atoms with Gasteiger partial charge in [-0.3, -0.25) is 9.69 Å². The van der Waals surface area contributed by atoms with Gasteiger partial charge in [0, 0.05) is 32.0 Å². The molecule has 3 heterocycles. The standard InChI is InChI=1S/C18H24N6O3/c1-13(2)12-24-17(27)23(9-10-25)16(26)18(24)3-7-22(8-4-18)15-14(11-19)20-5-6-21-15/h5-6,13,25H,3-4,7-10,12H2,1-2H3. The lowest BCUT2D eigenvalue weighted by atomic mass is 9.85. The monoisotopic (exact) mass is 372 g/mol. The molecule has 3 rings (SSSR count).